The van der Waals surface area contributed by atoms with E-state index in [-0.39, 0.29) is 11.6 Å². The van der Waals surface area contributed by atoms with Gasteiger partial charge in [0.1, 0.15) is 17.1 Å². The summed E-state index contributed by atoms with van der Waals surface area (Å²) < 4.78 is 23.8. The zero-order valence-corrected chi connectivity index (χ0v) is 10.5. The van der Waals surface area contributed by atoms with Crippen molar-refractivity contribution in [2.75, 3.05) is 0 Å². The summed E-state index contributed by atoms with van der Waals surface area (Å²) in [4.78, 5) is 4.27. The second-order valence-corrected chi connectivity index (χ2v) is 4.35. The summed E-state index contributed by atoms with van der Waals surface area (Å²) in [6, 6.07) is 11.4. The van der Waals surface area contributed by atoms with Crippen molar-refractivity contribution in [2.45, 2.75) is 6.61 Å². The average Bonchev–Trinajstić information content (AvgIpc) is 2.80. The Morgan fingerprint density at radius 2 is 2.05 bits per heavy atom. The first-order valence-corrected chi connectivity index (χ1v) is 6.02. The molecule has 0 fully saturated rings. The second kappa shape index (κ2) is 4.90. The van der Waals surface area contributed by atoms with Gasteiger partial charge in [0, 0.05) is 0 Å². The number of hydrogen-bond acceptors (Lipinski definition) is 3. The molecule has 5 heteroatoms. The predicted octanol–water partition coefficient (Wildman–Crippen LogP) is 4.20. The van der Waals surface area contributed by atoms with E-state index in [2.05, 4.69) is 4.98 Å². The lowest BCUT2D eigenvalue weighted by Gasteiger charge is -2.05. The fourth-order valence-electron chi connectivity index (χ4n) is 1.71. The topological polar surface area (TPSA) is 35.3 Å². The molecule has 0 atom stereocenters. The Morgan fingerprint density at radius 3 is 2.84 bits per heavy atom. The van der Waals surface area contributed by atoms with E-state index in [1.165, 1.54) is 18.2 Å². The summed E-state index contributed by atoms with van der Waals surface area (Å²) in [6.07, 6.45) is 0. The molecule has 0 N–H and O–H groups in total. The molecule has 0 unspecified atom stereocenters. The molecular formula is C14H9ClFNO2. The molecule has 0 aliphatic rings. The van der Waals surface area contributed by atoms with Gasteiger partial charge in [0.15, 0.2) is 12.2 Å². The van der Waals surface area contributed by atoms with Crippen LogP contribution in [0.5, 0.6) is 5.75 Å². The van der Waals surface area contributed by atoms with Gasteiger partial charge >= 0.3 is 0 Å². The molecule has 0 aliphatic carbocycles. The van der Waals surface area contributed by atoms with Gasteiger partial charge in [-0.15, -0.1) is 0 Å². The molecule has 3 nitrogen and oxygen atoms in total. The minimum absolute atomic E-state index is 0.139. The third kappa shape index (κ3) is 2.53. The highest BCUT2D eigenvalue weighted by molar-refractivity contribution is 6.32. The van der Waals surface area contributed by atoms with Gasteiger partial charge in [0.05, 0.1) is 5.02 Å². The number of halogens is 2. The lowest BCUT2D eigenvalue weighted by atomic mass is 10.3. The molecule has 3 aromatic rings. The fourth-order valence-corrected chi connectivity index (χ4v) is 1.94. The van der Waals surface area contributed by atoms with Crippen LogP contribution in [0.3, 0.4) is 0 Å². The lowest BCUT2D eigenvalue weighted by Crippen LogP contribution is -1.96. The molecular weight excluding hydrogens is 269 g/mol. The van der Waals surface area contributed by atoms with Crippen LogP contribution in [0.25, 0.3) is 11.1 Å². The highest BCUT2D eigenvalue weighted by Gasteiger charge is 2.08. The quantitative estimate of drug-likeness (QED) is 0.720. The minimum atomic E-state index is -0.404. The van der Waals surface area contributed by atoms with Gasteiger partial charge in [-0.3, -0.25) is 0 Å². The van der Waals surface area contributed by atoms with Crippen molar-refractivity contribution in [1.82, 2.24) is 4.98 Å². The van der Waals surface area contributed by atoms with Crippen molar-refractivity contribution in [3.05, 3.63) is 59.2 Å². The van der Waals surface area contributed by atoms with Crippen LogP contribution in [-0.4, -0.2) is 4.98 Å². The van der Waals surface area contributed by atoms with Crippen LogP contribution in [0, 0.1) is 5.82 Å². The van der Waals surface area contributed by atoms with Crippen molar-refractivity contribution in [1.29, 1.82) is 0 Å². The van der Waals surface area contributed by atoms with Crippen LogP contribution in [-0.2, 0) is 6.61 Å². The molecule has 0 radical (unpaired) electrons. The van der Waals surface area contributed by atoms with E-state index in [0.29, 0.717) is 17.2 Å². The van der Waals surface area contributed by atoms with Gasteiger partial charge in [-0.25, -0.2) is 9.37 Å². The Balaban J connectivity index is 1.78. The molecule has 96 valence electrons. The fraction of sp³-hybridized carbons (Fsp3) is 0.0714. The maximum Gasteiger partial charge on any atom is 0.233 e. The molecule has 0 aliphatic heterocycles. The van der Waals surface area contributed by atoms with Crippen molar-refractivity contribution in [3.63, 3.8) is 0 Å². The Labute approximate surface area is 113 Å². The number of para-hydroxylation sites is 2. The molecule has 1 aromatic heterocycles. The van der Waals surface area contributed by atoms with Gasteiger partial charge in [-0.2, -0.15) is 0 Å². The first-order valence-electron chi connectivity index (χ1n) is 5.65. The number of aromatic nitrogens is 1. The largest absolute Gasteiger partial charge is 0.482 e. The highest BCUT2D eigenvalue weighted by atomic mass is 35.5. The van der Waals surface area contributed by atoms with Crippen LogP contribution in [0.1, 0.15) is 5.89 Å². The Kier molecular flexibility index (Phi) is 3.09. The lowest BCUT2D eigenvalue weighted by molar-refractivity contribution is 0.267. The second-order valence-electron chi connectivity index (χ2n) is 3.94. The summed E-state index contributed by atoms with van der Waals surface area (Å²) >= 11 is 5.86. The molecule has 0 amide bonds. The number of hydrogen-bond donors (Lipinski definition) is 0. The van der Waals surface area contributed by atoms with E-state index in [1.807, 2.05) is 24.3 Å². The maximum atomic E-state index is 12.9. The summed E-state index contributed by atoms with van der Waals surface area (Å²) in [5, 5.41) is 0.219. The molecule has 0 spiro atoms. The Morgan fingerprint density at radius 1 is 1.21 bits per heavy atom. The third-order valence-corrected chi connectivity index (χ3v) is 2.88. The van der Waals surface area contributed by atoms with Gasteiger partial charge in [-0.1, -0.05) is 23.7 Å². The molecule has 0 bridgehead atoms. The normalized spacial score (nSPS) is 10.8. The molecule has 2 aromatic carbocycles. The third-order valence-electron chi connectivity index (χ3n) is 2.58. The summed E-state index contributed by atoms with van der Waals surface area (Å²) in [5.41, 5.74) is 1.47. The van der Waals surface area contributed by atoms with E-state index >= 15 is 0 Å². The summed E-state index contributed by atoms with van der Waals surface area (Å²) in [5.74, 6) is 0.436. The van der Waals surface area contributed by atoms with Crippen LogP contribution >= 0.6 is 11.6 Å². The Bertz CT molecular complexity index is 693. The van der Waals surface area contributed by atoms with Gasteiger partial charge in [0.25, 0.3) is 0 Å². The van der Waals surface area contributed by atoms with Gasteiger partial charge < -0.3 is 9.15 Å². The number of benzene rings is 2. The van der Waals surface area contributed by atoms with Crippen molar-refractivity contribution in [3.8, 4) is 5.75 Å². The van der Waals surface area contributed by atoms with Crippen molar-refractivity contribution in [2.24, 2.45) is 0 Å². The molecule has 1 heterocycles. The molecule has 0 saturated heterocycles. The summed E-state index contributed by atoms with van der Waals surface area (Å²) in [6.45, 7) is 0.139. The smallest absolute Gasteiger partial charge is 0.233 e. The number of nitrogens with zero attached hydrogens (tertiary/aromatic N) is 1. The van der Waals surface area contributed by atoms with E-state index in [0.717, 1.165) is 5.52 Å². The number of oxazole rings is 1. The van der Waals surface area contributed by atoms with Crippen LogP contribution in [0.2, 0.25) is 5.02 Å². The Hall–Kier alpha value is -2.07. The van der Waals surface area contributed by atoms with Crippen LogP contribution < -0.4 is 4.74 Å². The zero-order valence-electron chi connectivity index (χ0n) is 9.77. The number of rotatable bonds is 3. The SMILES string of the molecule is Fc1ccc(OCc2nc3ccccc3o2)c(Cl)c1. The number of fused-ring (bicyclic) bond motifs is 1. The van der Waals surface area contributed by atoms with E-state index < -0.39 is 5.82 Å². The standard InChI is InChI=1S/C14H9ClFNO2/c15-10-7-9(16)5-6-12(10)18-8-14-17-11-3-1-2-4-13(11)19-14/h1-7H,8H2. The van der Waals surface area contributed by atoms with E-state index in [9.17, 15) is 4.39 Å². The number of ether oxygens (including phenoxy) is 1. The molecule has 3 rings (SSSR count). The first-order chi connectivity index (χ1) is 9.22. The maximum absolute atomic E-state index is 12.9. The van der Waals surface area contributed by atoms with Crippen molar-refractivity contribution < 1.29 is 13.5 Å². The van der Waals surface area contributed by atoms with Crippen molar-refractivity contribution >= 4 is 22.7 Å². The highest BCUT2D eigenvalue weighted by Crippen LogP contribution is 2.26. The molecule has 0 saturated carbocycles. The van der Waals surface area contributed by atoms with E-state index in [1.54, 1.807) is 0 Å². The van der Waals surface area contributed by atoms with E-state index in [4.69, 9.17) is 20.8 Å². The zero-order chi connectivity index (χ0) is 13.2. The monoisotopic (exact) mass is 277 g/mol. The first kappa shape index (κ1) is 12.0. The summed E-state index contributed by atoms with van der Waals surface area (Å²) in [7, 11) is 0. The minimum Gasteiger partial charge on any atom is -0.482 e. The predicted molar refractivity (Wildman–Crippen MR) is 69.8 cm³/mol. The van der Waals surface area contributed by atoms with Gasteiger partial charge in [0.2, 0.25) is 5.89 Å². The van der Waals surface area contributed by atoms with Crippen LogP contribution in [0.15, 0.2) is 46.9 Å². The van der Waals surface area contributed by atoms with Crippen LogP contribution in [0.4, 0.5) is 4.39 Å². The average molecular weight is 278 g/mol. The molecule has 19 heavy (non-hydrogen) atoms. The van der Waals surface area contributed by atoms with Gasteiger partial charge in [-0.05, 0) is 30.3 Å².